The van der Waals surface area contributed by atoms with Crippen molar-refractivity contribution < 1.29 is 47.5 Å². The van der Waals surface area contributed by atoms with Crippen molar-refractivity contribution in [1.29, 1.82) is 0 Å². The van der Waals surface area contributed by atoms with Crippen LogP contribution in [0.15, 0.2) is 78.9 Å². The van der Waals surface area contributed by atoms with Gasteiger partial charge in [-0.15, -0.1) is 0 Å². The molecule has 0 bridgehead atoms. The highest BCUT2D eigenvalue weighted by Gasteiger charge is 2.48. The van der Waals surface area contributed by atoms with Crippen LogP contribution < -0.4 is 9.47 Å². The first-order chi connectivity index (χ1) is 21.7. The van der Waals surface area contributed by atoms with Gasteiger partial charge in [-0.2, -0.15) is 0 Å². The normalized spacial score (nSPS) is 20.0. The van der Waals surface area contributed by atoms with Crippen molar-refractivity contribution in [2.45, 2.75) is 84.5 Å². The number of aryl methyl sites for hydroxylation is 1. The van der Waals surface area contributed by atoms with Gasteiger partial charge < -0.3 is 33.2 Å². The lowest BCUT2D eigenvalue weighted by Gasteiger charge is -2.40. The molecule has 10 heteroatoms. The Morgan fingerprint density at radius 1 is 0.756 bits per heavy atom. The Balaban J connectivity index is 1.44. The van der Waals surface area contributed by atoms with Gasteiger partial charge in [-0.1, -0.05) is 66.7 Å². The largest absolute Gasteiger partial charge is 0.489 e. The highest BCUT2D eigenvalue weighted by molar-refractivity contribution is 5.68. The summed E-state index contributed by atoms with van der Waals surface area (Å²) in [5.41, 5.74) is 3.06. The molecule has 1 aliphatic heterocycles. The standard InChI is InChI=1S/C35H40O10/c1-23(42-35-34(45-26(4)38)33(44-25(3)37)32(22-41-35)43-24(2)36)15-16-29-17-18-30(39-20-27-11-7-5-8-12-27)19-31(29)40-21-28-13-9-6-10-14-28/h5-14,17-19,23,32-35H,15-16,20-22H2,1-4H3/t23?,32-,33+,34-,35+/m1/s1. The van der Waals surface area contributed by atoms with Crippen molar-refractivity contribution in [3.8, 4) is 11.5 Å². The monoisotopic (exact) mass is 620 g/mol. The van der Waals surface area contributed by atoms with Crippen LogP contribution in [0.1, 0.15) is 50.8 Å². The molecular formula is C35H40O10. The van der Waals surface area contributed by atoms with Crippen LogP contribution in [-0.4, -0.2) is 55.2 Å². The second-order valence-electron chi connectivity index (χ2n) is 10.8. The summed E-state index contributed by atoms with van der Waals surface area (Å²) in [6.45, 7) is 6.27. The number of rotatable bonds is 14. The Kier molecular flexibility index (Phi) is 12.4. The maximum absolute atomic E-state index is 12.0. The van der Waals surface area contributed by atoms with E-state index in [1.54, 1.807) is 0 Å². The molecule has 1 fully saturated rings. The quantitative estimate of drug-likeness (QED) is 0.173. The number of ether oxygens (including phenoxy) is 7. The minimum atomic E-state index is -1.14. The fourth-order valence-corrected chi connectivity index (χ4v) is 4.92. The first-order valence-corrected chi connectivity index (χ1v) is 14.9. The van der Waals surface area contributed by atoms with Gasteiger partial charge in [-0.05, 0) is 42.5 Å². The van der Waals surface area contributed by atoms with E-state index in [0.29, 0.717) is 37.6 Å². The summed E-state index contributed by atoms with van der Waals surface area (Å²) in [7, 11) is 0. The third kappa shape index (κ3) is 10.6. The van der Waals surface area contributed by atoms with Crippen LogP contribution in [0, 0.1) is 0 Å². The molecule has 1 saturated heterocycles. The van der Waals surface area contributed by atoms with Crippen molar-refractivity contribution in [3.05, 3.63) is 95.6 Å². The van der Waals surface area contributed by atoms with E-state index < -0.39 is 42.5 Å². The predicted molar refractivity (Wildman–Crippen MR) is 163 cm³/mol. The van der Waals surface area contributed by atoms with Gasteiger partial charge in [0, 0.05) is 26.8 Å². The van der Waals surface area contributed by atoms with Crippen molar-refractivity contribution in [1.82, 2.24) is 0 Å². The second-order valence-corrected chi connectivity index (χ2v) is 10.8. The van der Waals surface area contributed by atoms with E-state index in [4.69, 9.17) is 33.2 Å². The topological polar surface area (TPSA) is 116 Å². The van der Waals surface area contributed by atoms with E-state index >= 15 is 0 Å². The lowest BCUT2D eigenvalue weighted by Crippen LogP contribution is -2.58. The average Bonchev–Trinajstić information content (AvgIpc) is 3.01. The predicted octanol–water partition coefficient (Wildman–Crippen LogP) is 5.33. The van der Waals surface area contributed by atoms with Gasteiger partial charge in [0.15, 0.2) is 24.6 Å². The van der Waals surface area contributed by atoms with Crippen molar-refractivity contribution in [3.63, 3.8) is 0 Å². The van der Waals surface area contributed by atoms with E-state index in [1.165, 1.54) is 20.8 Å². The zero-order valence-electron chi connectivity index (χ0n) is 26.0. The molecule has 10 nitrogen and oxygen atoms in total. The zero-order valence-corrected chi connectivity index (χ0v) is 26.0. The zero-order chi connectivity index (χ0) is 32.2. The third-order valence-electron chi connectivity index (χ3n) is 7.02. The van der Waals surface area contributed by atoms with Gasteiger partial charge in [-0.25, -0.2) is 0 Å². The number of carbonyl (C=O) groups is 3. The number of hydrogen-bond donors (Lipinski definition) is 0. The molecule has 1 heterocycles. The third-order valence-corrected chi connectivity index (χ3v) is 7.02. The molecule has 1 aliphatic rings. The minimum Gasteiger partial charge on any atom is -0.489 e. The summed E-state index contributed by atoms with van der Waals surface area (Å²) in [4.78, 5) is 35.5. The molecule has 5 atom stereocenters. The molecular weight excluding hydrogens is 580 g/mol. The highest BCUT2D eigenvalue weighted by Crippen LogP contribution is 2.30. The Morgan fingerprint density at radius 3 is 1.93 bits per heavy atom. The second kappa shape index (κ2) is 16.6. The van der Waals surface area contributed by atoms with Crippen LogP contribution in [0.4, 0.5) is 0 Å². The fraction of sp³-hybridized carbons (Fsp3) is 0.400. The smallest absolute Gasteiger partial charge is 0.303 e. The summed E-state index contributed by atoms with van der Waals surface area (Å²) in [5, 5.41) is 0. The maximum Gasteiger partial charge on any atom is 0.303 e. The lowest BCUT2D eigenvalue weighted by atomic mass is 10.0. The SMILES string of the molecule is CC(=O)O[C@@H]1[C@@H](OC(C)=O)[C@H](OC(C)CCc2ccc(OCc3ccccc3)cc2OCc2ccccc2)OC[C@H]1OC(C)=O. The van der Waals surface area contributed by atoms with Crippen LogP contribution in [0.2, 0.25) is 0 Å². The summed E-state index contributed by atoms with van der Waals surface area (Å²) in [5.74, 6) is -0.449. The maximum atomic E-state index is 12.0. The molecule has 0 amide bonds. The summed E-state index contributed by atoms with van der Waals surface area (Å²) in [6.07, 6.45) is -3.46. The van der Waals surface area contributed by atoms with Crippen LogP contribution in [0.5, 0.6) is 11.5 Å². The Morgan fingerprint density at radius 2 is 1.33 bits per heavy atom. The number of benzene rings is 3. The molecule has 240 valence electrons. The van der Waals surface area contributed by atoms with Gasteiger partial charge in [0.1, 0.15) is 24.7 Å². The molecule has 4 rings (SSSR count). The van der Waals surface area contributed by atoms with Crippen molar-refractivity contribution in [2.24, 2.45) is 0 Å². The number of esters is 3. The number of hydrogen-bond acceptors (Lipinski definition) is 10. The molecule has 45 heavy (non-hydrogen) atoms. The summed E-state index contributed by atoms with van der Waals surface area (Å²) < 4.78 is 40.5. The lowest BCUT2D eigenvalue weighted by molar-refractivity contribution is -0.289. The van der Waals surface area contributed by atoms with E-state index in [-0.39, 0.29) is 12.7 Å². The minimum absolute atomic E-state index is 0.103. The van der Waals surface area contributed by atoms with Gasteiger partial charge in [0.25, 0.3) is 0 Å². The van der Waals surface area contributed by atoms with E-state index in [9.17, 15) is 14.4 Å². The van der Waals surface area contributed by atoms with Gasteiger partial charge in [0.2, 0.25) is 0 Å². The van der Waals surface area contributed by atoms with Crippen molar-refractivity contribution in [2.75, 3.05) is 6.61 Å². The molecule has 0 aliphatic carbocycles. The molecule has 3 aromatic rings. The highest BCUT2D eigenvalue weighted by atomic mass is 16.7. The first kappa shape index (κ1) is 33.5. The molecule has 1 unspecified atom stereocenters. The molecule has 3 aromatic carbocycles. The van der Waals surface area contributed by atoms with Crippen LogP contribution in [-0.2, 0) is 57.7 Å². The van der Waals surface area contributed by atoms with Crippen LogP contribution in [0.25, 0.3) is 0 Å². The Hall–Kier alpha value is -4.41. The van der Waals surface area contributed by atoms with Gasteiger partial charge in [0.05, 0.1) is 12.7 Å². The van der Waals surface area contributed by atoms with E-state index in [0.717, 1.165) is 16.7 Å². The fourth-order valence-electron chi connectivity index (χ4n) is 4.92. The molecule has 0 saturated carbocycles. The van der Waals surface area contributed by atoms with Gasteiger partial charge in [-0.3, -0.25) is 14.4 Å². The van der Waals surface area contributed by atoms with Crippen molar-refractivity contribution >= 4 is 17.9 Å². The molecule has 0 radical (unpaired) electrons. The van der Waals surface area contributed by atoms with Crippen LogP contribution in [0.3, 0.4) is 0 Å². The van der Waals surface area contributed by atoms with E-state index in [2.05, 4.69) is 0 Å². The molecule has 0 N–H and O–H groups in total. The molecule has 0 spiro atoms. The van der Waals surface area contributed by atoms with E-state index in [1.807, 2.05) is 85.8 Å². The molecule has 0 aromatic heterocycles. The summed E-state index contributed by atoms with van der Waals surface area (Å²) in [6, 6.07) is 25.6. The first-order valence-electron chi connectivity index (χ1n) is 14.9. The summed E-state index contributed by atoms with van der Waals surface area (Å²) >= 11 is 0. The van der Waals surface area contributed by atoms with Crippen LogP contribution >= 0.6 is 0 Å². The Labute approximate surface area is 263 Å². The van der Waals surface area contributed by atoms with Gasteiger partial charge >= 0.3 is 17.9 Å². The Bertz CT molecular complexity index is 1390. The number of carbonyl (C=O) groups excluding carboxylic acids is 3. The average molecular weight is 621 g/mol.